The van der Waals surface area contributed by atoms with Gasteiger partial charge >= 0.3 is 5.97 Å². The molecule has 2 N–H and O–H groups in total. The zero-order valence-corrected chi connectivity index (χ0v) is 12.0. The number of pyridine rings is 1. The normalized spacial score (nSPS) is 12.3. The van der Waals surface area contributed by atoms with Crippen molar-refractivity contribution in [3.63, 3.8) is 0 Å². The molecule has 0 aliphatic carbocycles. The molecule has 1 aromatic heterocycles. The molecule has 0 bridgehead atoms. The van der Waals surface area contributed by atoms with Crippen LogP contribution in [0.3, 0.4) is 0 Å². The Morgan fingerprint density at radius 2 is 2.10 bits per heavy atom. The van der Waals surface area contributed by atoms with Crippen molar-refractivity contribution in [2.45, 2.75) is 19.9 Å². The van der Waals surface area contributed by atoms with Crippen molar-refractivity contribution in [2.75, 3.05) is 12.3 Å². The van der Waals surface area contributed by atoms with Gasteiger partial charge in [-0.15, -0.1) is 0 Å². The number of nitrogens with two attached hydrogens (primary N) is 1. The van der Waals surface area contributed by atoms with Gasteiger partial charge in [-0.3, -0.25) is 9.59 Å². The molecule has 0 aliphatic rings. The highest BCUT2D eigenvalue weighted by Crippen LogP contribution is 2.26. The van der Waals surface area contributed by atoms with Gasteiger partial charge in [0.2, 0.25) is 0 Å². The van der Waals surface area contributed by atoms with Crippen molar-refractivity contribution in [3.8, 4) is 0 Å². The van der Waals surface area contributed by atoms with Gasteiger partial charge in [-0.1, -0.05) is 11.6 Å². The second kappa shape index (κ2) is 5.54. The maximum atomic E-state index is 12.4. The van der Waals surface area contributed by atoms with Crippen LogP contribution in [0.1, 0.15) is 19.9 Å². The zero-order chi connectivity index (χ0) is 14.9. The third-order valence-corrected chi connectivity index (χ3v) is 3.43. The molecule has 2 aromatic rings. The summed E-state index contributed by atoms with van der Waals surface area (Å²) >= 11 is 5.94. The van der Waals surface area contributed by atoms with E-state index in [0.29, 0.717) is 21.5 Å². The largest absolute Gasteiger partial charge is 0.464 e. The summed E-state index contributed by atoms with van der Waals surface area (Å²) < 4.78 is 6.44. The maximum absolute atomic E-state index is 12.4. The Bertz CT molecular complexity index is 724. The summed E-state index contributed by atoms with van der Waals surface area (Å²) in [6.07, 6.45) is 1.63. The summed E-state index contributed by atoms with van der Waals surface area (Å²) in [6.45, 7) is 3.28. The second-order valence-corrected chi connectivity index (χ2v) is 5.01. The molecule has 1 aromatic carbocycles. The molecule has 1 atom stereocenters. The van der Waals surface area contributed by atoms with Gasteiger partial charge in [0, 0.05) is 23.9 Å². The number of esters is 1. The van der Waals surface area contributed by atoms with Crippen LogP contribution in [0.25, 0.3) is 10.8 Å². The molecule has 0 fully saturated rings. The summed E-state index contributed by atoms with van der Waals surface area (Å²) in [6, 6.07) is 4.72. The molecular formula is C14H15ClN2O3. The molecule has 0 saturated carbocycles. The fraction of sp³-hybridized carbons (Fsp3) is 0.286. The molecule has 106 valence electrons. The summed E-state index contributed by atoms with van der Waals surface area (Å²) in [5.41, 5.74) is 6.06. The van der Waals surface area contributed by atoms with Crippen LogP contribution in [-0.2, 0) is 9.53 Å². The third kappa shape index (κ3) is 2.63. The van der Waals surface area contributed by atoms with Gasteiger partial charge < -0.3 is 15.0 Å². The van der Waals surface area contributed by atoms with E-state index in [1.807, 2.05) is 0 Å². The van der Waals surface area contributed by atoms with Crippen LogP contribution in [0, 0.1) is 0 Å². The van der Waals surface area contributed by atoms with Crippen molar-refractivity contribution in [1.29, 1.82) is 0 Å². The molecule has 5 nitrogen and oxygen atoms in total. The lowest BCUT2D eigenvalue weighted by Gasteiger charge is -2.16. The summed E-state index contributed by atoms with van der Waals surface area (Å²) in [7, 11) is 0. The zero-order valence-electron chi connectivity index (χ0n) is 11.2. The van der Waals surface area contributed by atoms with Crippen LogP contribution in [0.4, 0.5) is 5.69 Å². The first kappa shape index (κ1) is 14.4. The van der Waals surface area contributed by atoms with E-state index in [9.17, 15) is 9.59 Å². The SMILES string of the molecule is CC(=O)OCC(C)n1ccc2c(N)c(Cl)ccc2c1=O. The number of ether oxygens (including phenoxy) is 1. The van der Waals surface area contributed by atoms with E-state index >= 15 is 0 Å². The quantitative estimate of drug-likeness (QED) is 0.696. The molecule has 1 unspecified atom stereocenters. The average Bonchev–Trinajstić information content (AvgIpc) is 2.41. The van der Waals surface area contributed by atoms with Gasteiger partial charge in [-0.25, -0.2) is 0 Å². The van der Waals surface area contributed by atoms with Gasteiger partial charge in [-0.2, -0.15) is 0 Å². The number of anilines is 1. The number of halogens is 1. The van der Waals surface area contributed by atoms with Crippen molar-refractivity contribution in [1.82, 2.24) is 4.57 Å². The number of carbonyl (C=O) groups is 1. The van der Waals surface area contributed by atoms with Crippen LogP contribution < -0.4 is 11.3 Å². The Morgan fingerprint density at radius 3 is 2.75 bits per heavy atom. The first-order valence-electron chi connectivity index (χ1n) is 6.14. The van der Waals surface area contributed by atoms with Crippen LogP contribution in [0.2, 0.25) is 5.02 Å². The fourth-order valence-electron chi connectivity index (χ4n) is 2.00. The minimum atomic E-state index is -0.373. The van der Waals surface area contributed by atoms with Crippen molar-refractivity contribution in [2.24, 2.45) is 0 Å². The monoisotopic (exact) mass is 294 g/mol. The van der Waals surface area contributed by atoms with Gasteiger partial charge in [0.05, 0.1) is 16.8 Å². The topological polar surface area (TPSA) is 74.3 Å². The van der Waals surface area contributed by atoms with E-state index in [-0.39, 0.29) is 24.2 Å². The third-order valence-electron chi connectivity index (χ3n) is 3.10. The van der Waals surface area contributed by atoms with Crippen molar-refractivity contribution >= 4 is 34.0 Å². The minimum absolute atomic E-state index is 0.143. The molecule has 2 rings (SSSR count). The Balaban J connectivity index is 2.47. The number of hydrogen-bond acceptors (Lipinski definition) is 4. The standard InChI is InChI=1S/C14H15ClN2O3/c1-8(7-20-9(2)18)17-6-5-10-11(14(17)19)3-4-12(15)13(10)16/h3-6,8H,7,16H2,1-2H3. The number of benzene rings is 1. The molecule has 6 heteroatoms. The first-order valence-corrected chi connectivity index (χ1v) is 6.51. The Kier molecular flexibility index (Phi) is 3.99. The minimum Gasteiger partial charge on any atom is -0.464 e. The lowest BCUT2D eigenvalue weighted by Crippen LogP contribution is -2.26. The van der Waals surface area contributed by atoms with E-state index in [4.69, 9.17) is 22.1 Å². The van der Waals surface area contributed by atoms with E-state index in [0.717, 1.165) is 0 Å². The summed E-state index contributed by atoms with van der Waals surface area (Å²) in [5.74, 6) is -0.373. The van der Waals surface area contributed by atoms with Gasteiger partial charge in [0.1, 0.15) is 6.61 Å². The van der Waals surface area contributed by atoms with Crippen molar-refractivity contribution in [3.05, 3.63) is 39.8 Å². The molecule has 1 heterocycles. The van der Waals surface area contributed by atoms with Gasteiger partial charge in [0.15, 0.2) is 0 Å². The van der Waals surface area contributed by atoms with Gasteiger partial charge in [-0.05, 0) is 25.1 Å². The first-order chi connectivity index (χ1) is 9.41. The van der Waals surface area contributed by atoms with Crippen molar-refractivity contribution < 1.29 is 9.53 Å². The highest BCUT2D eigenvalue weighted by atomic mass is 35.5. The van der Waals surface area contributed by atoms with E-state index < -0.39 is 0 Å². The van der Waals surface area contributed by atoms with E-state index in [1.165, 1.54) is 11.5 Å². The number of fused-ring (bicyclic) bond motifs is 1. The highest BCUT2D eigenvalue weighted by Gasteiger charge is 2.12. The average molecular weight is 295 g/mol. The fourth-order valence-corrected chi connectivity index (χ4v) is 2.17. The number of rotatable bonds is 3. The maximum Gasteiger partial charge on any atom is 0.302 e. The number of hydrogen-bond donors (Lipinski definition) is 1. The smallest absolute Gasteiger partial charge is 0.302 e. The Morgan fingerprint density at radius 1 is 1.40 bits per heavy atom. The molecular weight excluding hydrogens is 280 g/mol. The van der Waals surface area contributed by atoms with Gasteiger partial charge in [0.25, 0.3) is 5.56 Å². The molecule has 0 saturated heterocycles. The lowest BCUT2D eigenvalue weighted by atomic mass is 10.1. The number of nitrogen functional groups attached to an aromatic ring is 1. The van der Waals surface area contributed by atoms with Crippen LogP contribution >= 0.6 is 11.6 Å². The lowest BCUT2D eigenvalue weighted by molar-refractivity contribution is -0.141. The summed E-state index contributed by atoms with van der Waals surface area (Å²) in [4.78, 5) is 23.2. The molecule has 0 radical (unpaired) electrons. The predicted octanol–water partition coefficient (Wildman–Crippen LogP) is 2.36. The number of aromatic nitrogens is 1. The Hall–Kier alpha value is -2.01. The highest BCUT2D eigenvalue weighted by molar-refractivity contribution is 6.34. The van der Waals surface area contributed by atoms with E-state index in [2.05, 4.69) is 0 Å². The summed E-state index contributed by atoms with van der Waals surface area (Å²) in [5, 5.41) is 1.53. The molecule has 0 aliphatic heterocycles. The van der Waals surface area contributed by atoms with Crippen LogP contribution in [-0.4, -0.2) is 17.1 Å². The number of carbonyl (C=O) groups excluding carboxylic acids is 1. The van der Waals surface area contributed by atoms with Crippen LogP contribution in [0.15, 0.2) is 29.2 Å². The van der Waals surface area contributed by atoms with E-state index in [1.54, 1.807) is 31.3 Å². The molecule has 0 amide bonds. The molecule has 20 heavy (non-hydrogen) atoms. The predicted molar refractivity (Wildman–Crippen MR) is 79.0 cm³/mol. The second-order valence-electron chi connectivity index (χ2n) is 4.60. The Labute approximate surface area is 120 Å². The molecule has 0 spiro atoms. The van der Waals surface area contributed by atoms with Crippen LogP contribution in [0.5, 0.6) is 0 Å². The number of nitrogens with zero attached hydrogens (tertiary/aromatic N) is 1.